The van der Waals surface area contributed by atoms with Gasteiger partial charge in [0.15, 0.2) is 0 Å². The molecule has 0 bridgehead atoms. The summed E-state index contributed by atoms with van der Waals surface area (Å²) in [5, 5.41) is 13.2. The van der Waals surface area contributed by atoms with Gasteiger partial charge in [0.1, 0.15) is 0 Å². The van der Waals surface area contributed by atoms with E-state index in [1.165, 1.54) is 77.0 Å². The predicted octanol–water partition coefficient (Wildman–Crippen LogP) is 3.74. The summed E-state index contributed by atoms with van der Waals surface area (Å²) in [6, 6.07) is 0.176. The third-order valence-electron chi connectivity index (χ3n) is 4.84. The first kappa shape index (κ1) is 18.9. The fraction of sp³-hybridized carbons (Fsp3) is 1.00. The van der Waals surface area contributed by atoms with Crippen molar-refractivity contribution in [3.8, 4) is 0 Å². The number of hydrogen-bond acceptors (Lipinski definition) is 3. The first-order valence-corrected chi connectivity index (χ1v) is 9.42. The van der Waals surface area contributed by atoms with Crippen LogP contribution >= 0.6 is 0 Å². The van der Waals surface area contributed by atoms with Crippen LogP contribution in [0.15, 0.2) is 0 Å². The van der Waals surface area contributed by atoms with Crippen molar-refractivity contribution in [2.24, 2.45) is 5.73 Å². The molecule has 1 aliphatic rings. The summed E-state index contributed by atoms with van der Waals surface area (Å²) < 4.78 is 0. The molecule has 0 radical (unpaired) electrons. The Labute approximate surface area is 132 Å². The van der Waals surface area contributed by atoms with Crippen molar-refractivity contribution in [1.82, 2.24) is 5.32 Å². The van der Waals surface area contributed by atoms with Crippen molar-refractivity contribution >= 4 is 0 Å². The lowest BCUT2D eigenvalue weighted by molar-refractivity contribution is 0.139. The first-order chi connectivity index (χ1) is 10.3. The maximum absolute atomic E-state index is 9.85. The van der Waals surface area contributed by atoms with Crippen LogP contribution in [0, 0.1) is 0 Å². The Bertz CT molecular complexity index is 235. The Morgan fingerprint density at radius 1 is 0.857 bits per heavy atom. The molecule has 1 fully saturated rings. The molecule has 4 N–H and O–H groups in total. The van der Waals surface area contributed by atoms with E-state index >= 15 is 0 Å². The molecule has 0 amide bonds. The van der Waals surface area contributed by atoms with Crippen LogP contribution in [-0.2, 0) is 0 Å². The lowest BCUT2D eigenvalue weighted by atomic mass is 10.0. The lowest BCUT2D eigenvalue weighted by Crippen LogP contribution is -2.37. The number of unbranched alkanes of at least 4 members (excludes halogenated alkanes) is 11. The zero-order chi connectivity index (χ0) is 15.3. The third-order valence-corrected chi connectivity index (χ3v) is 4.84. The van der Waals surface area contributed by atoms with Gasteiger partial charge in [-0.2, -0.15) is 0 Å². The fourth-order valence-corrected chi connectivity index (χ4v) is 3.31. The monoisotopic (exact) mass is 298 g/mol. The van der Waals surface area contributed by atoms with Crippen molar-refractivity contribution < 1.29 is 5.11 Å². The summed E-state index contributed by atoms with van der Waals surface area (Å²) in [6.07, 6.45) is 17.3. The number of rotatable bonds is 13. The van der Waals surface area contributed by atoms with Crippen LogP contribution in [-0.4, -0.2) is 29.8 Å². The van der Waals surface area contributed by atoms with E-state index in [4.69, 9.17) is 5.73 Å². The number of hydrogen-bond donors (Lipinski definition) is 3. The molecule has 0 aromatic heterocycles. The smallest absolute Gasteiger partial charge is 0.0856 e. The summed E-state index contributed by atoms with van der Waals surface area (Å²) in [5.74, 6) is 0. The number of nitrogens with one attached hydrogen (secondary N) is 1. The van der Waals surface area contributed by atoms with Crippen molar-refractivity contribution in [1.29, 1.82) is 0 Å². The van der Waals surface area contributed by atoms with Gasteiger partial charge in [0.05, 0.1) is 6.10 Å². The summed E-state index contributed by atoms with van der Waals surface area (Å²) >= 11 is 0. The average Bonchev–Trinajstić information content (AvgIpc) is 2.80. The van der Waals surface area contributed by atoms with Gasteiger partial charge in [0.2, 0.25) is 0 Å². The molecule has 3 atom stereocenters. The molecule has 3 heteroatoms. The normalized spacial score (nSPS) is 25.6. The van der Waals surface area contributed by atoms with Gasteiger partial charge in [-0.15, -0.1) is 0 Å². The van der Waals surface area contributed by atoms with Crippen molar-refractivity contribution in [3.05, 3.63) is 0 Å². The van der Waals surface area contributed by atoms with E-state index < -0.39 is 0 Å². The van der Waals surface area contributed by atoms with Gasteiger partial charge in [0.25, 0.3) is 0 Å². The lowest BCUT2D eigenvalue weighted by Gasteiger charge is -2.16. The number of nitrogens with two attached hydrogens (primary N) is 1. The molecule has 0 aromatic carbocycles. The molecule has 3 nitrogen and oxygen atoms in total. The Morgan fingerprint density at radius 2 is 1.33 bits per heavy atom. The van der Waals surface area contributed by atoms with Gasteiger partial charge < -0.3 is 16.2 Å². The quantitative estimate of drug-likeness (QED) is 0.454. The van der Waals surface area contributed by atoms with Crippen LogP contribution in [0.4, 0.5) is 0 Å². The van der Waals surface area contributed by atoms with Crippen molar-refractivity contribution in [3.63, 3.8) is 0 Å². The minimum atomic E-state index is -0.335. The number of aliphatic hydroxyl groups is 1. The van der Waals surface area contributed by atoms with Crippen LogP contribution in [0.2, 0.25) is 0 Å². The van der Waals surface area contributed by atoms with Gasteiger partial charge in [-0.1, -0.05) is 84.0 Å². The van der Waals surface area contributed by atoms with Gasteiger partial charge in [-0.05, 0) is 6.42 Å². The van der Waals surface area contributed by atoms with Crippen molar-refractivity contribution in [2.45, 2.75) is 109 Å². The highest BCUT2D eigenvalue weighted by Gasteiger charge is 2.30. The molecule has 0 saturated carbocycles. The van der Waals surface area contributed by atoms with Gasteiger partial charge in [-0.25, -0.2) is 0 Å². The Balaban J connectivity index is 1.77. The van der Waals surface area contributed by atoms with E-state index in [1.807, 2.05) is 0 Å². The molecule has 0 unspecified atom stereocenters. The third kappa shape index (κ3) is 8.80. The highest BCUT2D eigenvalue weighted by Crippen LogP contribution is 2.16. The Hall–Kier alpha value is -0.120. The summed E-state index contributed by atoms with van der Waals surface area (Å²) in [4.78, 5) is 0. The van der Waals surface area contributed by atoms with Crippen LogP contribution in [0.5, 0.6) is 0 Å². The summed E-state index contributed by atoms with van der Waals surface area (Å²) in [5.41, 5.74) is 5.79. The molecular weight excluding hydrogens is 260 g/mol. The SMILES string of the molecule is CCCCCCCCCCCCCC[C@@H]1NC[C@H](N)[C@H]1O. The zero-order valence-corrected chi connectivity index (χ0v) is 14.2. The van der Waals surface area contributed by atoms with Crippen molar-refractivity contribution in [2.75, 3.05) is 6.54 Å². The predicted molar refractivity (Wildman–Crippen MR) is 91.5 cm³/mol. The molecule has 21 heavy (non-hydrogen) atoms. The molecule has 1 heterocycles. The first-order valence-electron chi connectivity index (χ1n) is 9.42. The molecule has 1 rings (SSSR count). The Morgan fingerprint density at radius 3 is 1.76 bits per heavy atom. The minimum Gasteiger partial charge on any atom is -0.390 e. The standard InChI is InChI=1S/C18H38N2O/c1-2-3-4-5-6-7-8-9-10-11-12-13-14-17-18(21)16(19)15-20-17/h16-18,20-21H,2-15,19H2,1H3/t16-,17-,18+/m0/s1. The Kier molecular flexibility index (Phi) is 11.2. The van der Waals surface area contributed by atoms with Crippen LogP contribution in [0.25, 0.3) is 0 Å². The maximum Gasteiger partial charge on any atom is 0.0856 e. The molecule has 0 aliphatic carbocycles. The zero-order valence-electron chi connectivity index (χ0n) is 14.2. The largest absolute Gasteiger partial charge is 0.390 e. The molecule has 1 aliphatic heterocycles. The van der Waals surface area contributed by atoms with E-state index in [-0.39, 0.29) is 18.2 Å². The highest BCUT2D eigenvalue weighted by atomic mass is 16.3. The molecule has 126 valence electrons. The minimum absolute atomic E-state index is 0.0627. The van der Waals surface area contributed by atoms with E-state index in [0.29, 0.717) is 0 Å². The van der Waals surface area contributed by atoms with Gasteiger partial charge in [0, 0.05) is 18.6 Å². The highest BCUT2D eigenvalue weighted by molar-refractivity contribution is 4.92. The maximum atomic E-state index is 9.85. The molecule has 1 saturated heterocycles. The second kappa shape index (κ2) is 12.4. The summed E-state index contributed by atoms with van der Waals surface area (Å²) in [7, 11) is 0. The summed E-state index contributed by atoms with van der Waals surface area (Å²) in [6.45, 7) is 3.04. The molecule has 0 aromatic rings. The number of aliphatic hydroxyl groups excluding tert-OH is 1. The van der Waals surface area contributed by atoms with Crippen LogP contribution in [0.1, 0.15) is 90.4 Å². The van der Waals surface area contributed by atoms with E-state index in [2.05, 4.69) is 12.2 Å². The molecular formula is C18H38N2O. The average molecular weight is 299 g/mol. The second-order valence-corrected chi connectivity index (χ2v) is 6.85. The van der Waals surface area contributed by atoms with Gasteiger partial charge >= 0.3 is 0 Å². The van der Waals surface area contributed by atoms with E-state index in [9.17, 15) is 5.11 Å². The van der Waals surface area contributed by atoms with E-state index in [0.717, 1.165) is 13.0 Å². The second-order valence-electron chi connectivity index (χ2n) is 6.85. The topological polar surface area (TPSA) is 58.3 Å². The van der Waals surface area contributed by atoms with Gasteiger partial charge in [-0.3, -0.25) is 0 Å². The van der Waals surface area contributed by atoms with Crippen LogP contribution in [0.3, 0.4) is 0 Å². The fourth-order valence-electron chi connectivity index (χ4n) is 3.31. The molecule has 0 spiro atoms. The van der Waals surface area contributed by atoms with Crippen LogP contribution < -0.4 is 11.1 Å². The van der Waals surface area contributed by atoms with E-state index in [1.54, 1.807) is 0 Å².